The van der Waals surface area contributed by atoms with Gasteiger partial charge in [-0.25, -0.2) is 17.4 Å². The Morgan fingerprint density at radius 3 is 2.20 bits per heavy atom. The molecule has 278 valence electrons. The number of likely N-dealkylation sites (tertiary alicyclic amines) is 2. The molecule has 11 nitrogen and oxygen atoms in total. The Morgan fingerprint density at radius 2 is 1.56 bits per heavy atom. The largest absolute Gasteiger partial charge is 0.389 e. The minimum atomic E-state index is -4.01. The van der Waals surface area contributed by atoms with Crippen LogP contribution in [0.25, 0.3) is 33.3 Å². The third kappa shape index (κ3) is 6.66. The van der Waals surface area contributed by atoms with Crippen molar-refractivity contribution in [3.63, 3.8) is 0 Å². The number of pyridine rings is 1. The normalized spacial score (nSPS) is 17.8. The number of nitrogens with zero attached hydrogens (tertiary/aromatic N) is 7. The van der Waals surface area contributed by atoms with Crippen molar-refractivity contribution >= 4 is 32.7 Å². The minimum Gasteiger partial charge on any atom is -0.389 e. The lowest BCUT2D eigenvalue weighted by Gasteiger charge is -2.43. The van der Waals surface area contributed by atoms with Crippen molar-refractivity contribution < 1.29 is 18.3 Å². The van der Waals surface area contributed by atoms with Crippen molar-refractivity contribution in [1.29, 1.82) is 5.26 Å². The van der Waals surface area contributed by atoms with Crippen LogP contribution in [0.1, 0.15) is 39.9 Å². The highest BCUT2D eigenvalue weighted by molar-refractivity contribution is 7.90. The maximum atomic E-state index is 14.1. The number of piperidine rings is 1. The van der Waals surface area contributed by atoms with E-state index in [0.29, 0.717) is 41.2 Å². The van der Waals surface area contributed by atoms with Gasteiger partial charge in [0.15, 0.2) is 5.65 Å². The lowest BCUT2D eigenvalue weighted by molar-refractivity contribution is 0.00589. The third-order valence-corrected chi connectivity index (χ3v) is 13.0. The molecule has 3 aromatic carbocycles. The van der Waals surface area contributed by atoms with E-state index in [1.807, 2.05) is 31.2 Å². The van der Waals surface area contributed by atoms with E-state index in [-0.39, 0.29) is 16.4 Å². The van der Waals surface area contributed by atoms with Gasteiger partial charge in [0.2, 0.25) is 0 Å². The van der Waals surface area contributed by atoms with Gasteiger partial charge in [0.05, 0.1) is 22.3 Å². The summed E-state index contributed by atoms with van der Waals surface area (Å²) >= 11 is 0. The van der Waals surface area contributed by atoms with Crippen LogP contribution in [0, 0.1) is 25.2 Å². The van der Waals surface area contributed by atoms with Crippen molar-refractivity contribution in [2.24, 2.45) is 0 Å². The monoisotopic (exact) mass is 743 g/mol. The number of aliphatic hydroxyl groups excluding tert-OH is 1. The summed E-state index contributed by atoms with van der Waals surface area (Å²) in [5.74, 6) is -0.161. The van der Waals surface area contributed by atoms with Gasteiger partial charge in [0, 0.05) is 79.8 Å². The first-order valence-electron chi connectivity index (χ1n) is 18.6. The van der Waals surface area contributed by atoms with Crippen LogP contribution in [0.5, 0.6) is 0 Å². The Kier molecular flexibility index (Phi) is 9.52. The number of amides is 1. The number of hydrogen-bond donors (Lipinski definition) is 1. The number of carbonyl (C=O) groups excluding carboxylic acids is 1. The number of β-amino-alcohol motifs (C(OH)–C–C–N with tert-alkyl or cyclic N) is 1. The van der Waals surface area contributed by atoms with Crippen LogP contribution in [0.15, 0.2) is 84.0 Å². The van der Waals surface area contributed by atoms with E-state index in [1.54, 1.807) is 53.7 Å². The Bertz CT molecular complexity index is 2360. The van der Waals surface area contributed by atoms with Gasteiger partial charge in [-0.2, -0.15) is 5.26 Å². The van der Waals surface area contributed by atoms with E-state index in [4.69, 9.17) is 4.98 Å². The number of aromatic nitrogens is 2. The second-order valence-electron chi connectivity index (χ2n) is 15.1. The van der Waals surface area contributed by atoms with E-state index in [9.17, 15) is 23.6 Å². The molecule has 5 aromatic rings. The molecule has 12 heteroatoms. The average Bonchev–Trinajstić information content (AvgIpc) is 3.57. The molecule has 0 aliphatic carbocycles. The van der Waals surface area contributed by atoms with Crippen LogP contribution in [-0.4, -0.2) is 115 Å². The first-order chi connectivity index (χ1) is 26.0. The van der Waals surface area contributed by atoms with Gasteiger partial charge >= 0.3 is 0 Å². The molecule has 0 unspecified atom stereocenters. The van der Waals surface area contributed by atoms with Gasteiger partial charge < -0.3 is 19.8 Å². The van der Waals surface area contributed by atoms with Gasteiger partial charge in [-0.05, 0) is 106 Å². The minimum absolute atomic E-state index is 0.150. The summed E-state index contributed by atoms with van der Waals surface area (Å²) in [6.45, 7) is 10.5. The van der Waals surface area contributed by atoms with Gasteiger partial charge in [-0.3, -0.25) is 9.69 Å². The predicted molar refractivity (Wildman–Crippen MR) is 210 cm³/mol. The lowest BCUT2D eigenvalue weighted by atomic mass is 9.96. The lowest BCUT2D eigenvalue weighted by Crippen LogP contribution is -2.53. The highest BCUT2D eigenvalue weighted by Crippen LogP contribution is 2.37. The van der Waals surface area contributed by atoms with Crippen molar-refractivity contribution in [3.05, 3.63) is 101 Å². The van der Waals surface area contributed by atoms with E-state index in [2.05, 4.69) is 40.8 Å². The standard InChI is InChI=1S/C42H45N7O4S/c1-28-4-10-37(11-5-28)54(52,53)49-27-39(30-6-8-31(9-7-30)42(51)48-25-36(50)26-48)38-22-34(24-44-41(38)49)32-20-29(2)40(33(21-32)23-43)47-18-16-46(17-19-47)35-12-14-45(3)15-13-35/h4-11,20-22,24,27,35-36,50H,12-19,25-26H2,1-3H3. The summed E-state index contributed by atoms with van der Waals surface area (Å²) in [5, 5.41) is 20.7. The fraction of sp³-hybridized carbons (Fsp3) is 0.357. The summed E-state index contributed by atoms with van der Waals surface area (Å²) in [7, 11) is -1.82. The zero-order valence-electron chi connectivity index (χ0n) is 30.9. The first kappa shape index (κ1) is 35.9. The summed E-state index contributed by atoms with van der Waals surface area (Å²) in [5.41, 5.74) is 7.25. The zero-order chi connectivity index (χ0) is 37.7. The van der Waals surface area contributed by atoms with Crippen molar-refractivity contribution in [2.45, 2.75) is 43.7 Å². The summed E-state index contributed by atoms with van der Waals surface area (Å²) in [4.78, 5) is 26.8. The van der Waals surface area contributed by atoms with Crippen LogP contribution in [0.4, 0.5) is 5.69 Å². The second kappa shape index (κ2) is 14.3. The first-order valence-corrected chi connectivity index (χ1v) is 20.1. The van der Waals surface area contributed by atoms with E-state index < -0.39 is 16.1 Å². The molecule has 0 spiro atoms. The summed E-state index contributed by atoms with van der Waals surface area (Å²) < 4.78 is 29.4. The maximum Gasteiger partial charge on any atom is 0.269 e. The average molecular weight is 744 g/mol. The molecule has 54 heavy (non-hydrogen) atoms. The molecule has 3 aliphatic rings. The highest BCUT2D eigenvalue weighted by Gasteiger charge is 2.31. The fourth-order valence-corrected chi connectivity index (χ4v) is 9.52. The van der Waals surface area contributed by atoms with E-state index in [1.165, 1.54) is 16.8 Å². The second-order valence-corrected chi connectivity index (χ2v) is 16.9. The molecule has 3 aliphatic heterocycles. The molecule has 0 atom stereocenters. The number of piperazine rings is 1. The molecule has 1 N–H and O–H groups in total. The van der Waals surface area contributed by atoms with E-state index >= 15 is 0 Å². The number of aryl methyl sites for hydroxylation is 2. The topological polar surface area (TPSA) is 126 Å². The third-order valence-electron chi connectivity index (χ3n) is 11.4. The number of aliphatic hydroxyl groups is 1. The molecule has 3 fully saturated rings. The Balaban J connectivity index is 1.14. The van der Waals surface area contributed by atoms with Gasteiger partial charge in [-0.15, -0.1) is 0 Å². The van der Waals surface area contributed by atoms with Crippen LogP contribution in [0.3, 0.4) is 0 Å². The number of anilines is 1. The van der Waals surface area contributed by atoms with Gasteiger partial charge in [0.25, 0.3) is 15.9 Å². The molecule has 1 amide bonds. The Morgan fingerprint density at radius 1 is 0.870 bits per heavy atom. The number of nitriles is 1. The van der Waals surface area contributed by atoms with Crippen molar-refractivity contribution in [2.75, 3.05) is 64.3 Å². The number of hydrogen-bond acceptors (Lipinski definition) is 9. The molecule has 0 radical (unpaired) electrons. The van der Waals surface area contributed by atoms with Crippen molar-refractivity contribution in [1.82, 2.24) is 23.7 Å². The fourth-order valence-electron chi connectivity index (χ4n) is 8.19. The molecule has 8 rings (SSSR count). The smallest absolute Gasteiger partial charge is 0.269 e. The van der Waals surface area contributed by atoms with E-state index in [0.717, 1.165) is 72.8 Å². The molecule has 3 saturated heterocycles. The predicted octanol–water partition coefficient (Wildman–Crippen LogP) is 5.13. The Labute approximate surface area is 316 Å². The van der Waals surface area contributed by atoms with Crippen LogP contribution < -0.4 is 4.90 Å². The summed E-state index contributed by atoms with van der Waals surface area (Å²) in [6, 6.07) is 22.9. The number of benzene rings is 3. The zero-order valence-corrected chi connectivity index (χ0v) is 31.8. The molecule has 5 heterocycles. The van der Waals surface area contributed by atoms with Crippen molar-refractivity contribution in [3.8, 4) is 28.3 Å². The number of fused-ring (bicyclic) bond motifs is 1. The molecular weight excluding hydrogens is 699 g/mol. The summed E-state index contributed by atoms with van der Waals surface area (Å²) in [6.07, 6.45) is 5.17. The molecule has 2 aromatic heterocycles. The molecular formula is C42H45N7O4S. The number of carbonyl (C=O) groups is 1. The number of rotatable bonds is 7. The Hall–Kier alpha value is -5.06. The molecule has 0 saturated carbocycles. The van der Waals surface area contributed by atoms with Crippen LogP contribution >= 0.6 is 0 Å². The molecule has 0 bridgehead atoms. The quantitative estimate of drug-likeness (QED) is 0.242. The SMILES string of the molecule is Cc1ccc(S(=O)(=O)n2cc(-c3ccc(C(=O)N4CC(O)C4)cc3)c3cc(-c4cc(C)c(N5CCN(C6CCN(C)CC6)CC5)c(C#N)c4)cnc32)cc1. The van der Waals surface area contributed by atoms with Gasteiger partial charge in [0.1, 0.15) is 6.07 Å². The maximum absolute atomic E-state index is 14.1. The van der Waals surface area contributed by atoms with Gasteiger partial charge in [-0.1, -0.05) is 29.8 Å². The van der Waals surface area contributed by atoms with Crippen LogP contribution in [-0.2, 0) is 10.0 Å². The highest BCUT2D eigenvalue weighted by atomic mass is 32.2. The van der Waals surface area contributed by atoms with Crippen LogP contribution in [0.2, 0.25) is 0 Å².